The lowest BCUT2D eigenvalue weighted by atomic mass is 9.97. The molecule has 1 aliphatic rings. The number of hydrogen-bond acceptors (Lipinski definition) is 7. The molecule has 3 N–H and O–H groups in total. The van der Waals surface area contributed by atoms with E-state index in [4.69, 9.17) is 15.1 Å². The van der Waals surface area contributed by atoms with Crippen LogP contribution < -0.4 is 16.6 Å². The fraction of sp³-hybridized carbons (Fsp3) is 0.429. The number of carbonyl (C=O) groups excluding carboxylic acids is 2. The molecule has 0 aromatic carbocycles. The molecule has 0 bridgehead atoms. The van der Waals surface area contributed by atoms with Crippen molar-refractivity contribution in [2.75, 3.05) is 0 Å². The molecule has 31 heavy (non-hydrogen) atoms. The van der Waals surface area contributed by atoms with Crippen molar-refractivity contribution in [2.45, 2.75) is 56.5 Å². The Labute approximate surface area is 187 Å². The van der Waals surface area contributed by atoms with Gasteiger partial charge in [-0.1, -0.05) is 25.6 Å². The number of aromatic nitrogens is 2. The normalized spacial score (nSPS) is 14.5. The van der Waals surface area contributed by atoms with E-state index in [0.29, 0.717) is 21.1 Å². The monoisotopic (exact) mass is 460 g/mol. The second-order valence-electron chi connectivity index (χ2n) is 7.89. The van der Waals surface area contributed by atoms with Gasteiger partial charge in [0.25, 0.3) is 5.56 Å². The predicted molar refractivity (Wildman–Crippen MR) is 121 cm³/mol. The van der Waals surface area contributed by atoms with Crippen LogP contribution in [0.15, 0.2) is 32.8 Å². The first-order chi connectivity index (χ1) is 14.8. The van der Waals surface area contributed by atoms with Crippen molar-refractivity contribution < 1.29 is 14.0 Å². The second-order valence-corrected chi connectivity index (χ2v) is 10.1. The van der Waals surface area contributed by atoms with E-state index in [1.165, 1.54) is 16.6 Å². The summed E-state index contributed by atoms with van der Waals surface area (Å²) in [5.74, 6) is -0.000645. The predicted octanol–water partition coefficient (Wildman–Crippen LogP) is 3.29. The maximum atomic E-state index is 13.6. The molecule has 0 saturated heterocycles. The molecule has 4 rings (SSSR count). The highest BCUT2D eigenvalue weighted by Gasteiger charge is 2.29. The Morgan fingerprint density at radius 3 is 2.81 bits per heavy atom. The molecule has 0 aliphatic heterocycles. The Hall–Kier alpha value is -2.59. The van der Waals surface area contributed by atoms with Crippen LogP contribution in [0, 0.1) is 5.92 Å². The fourth-order valence-electron chi connectivity index (χ4n) is 3.81. The van der Waals surface area contributed by atoms with Gasteiger partial charge in [0.15, 0.2) is 5.16 Å². The van der Waals surface area contributed by atoms with Gasteiger partial charge in [-0.05, 0) is 49.3 Å². The van der Waals surface area contributed by atoms with Crippen LogP contribution >= 0.6 is 23.1 Å². The molecule has 3 aromatic heterocycles. The smallest absolute Gasteiger partial charge is 0.318 e. The summed E-state index contributed by atoms with van der Waals surface area (Å²) in [6, 6.07) is 2.66. The maximum absolute atomic E-state index is 13.6. The largest absolute Gasteiger partial charge is 0.467 e. The molecule has 8 nitrogen and oxygen atoms in total. The Kier molecular flexibility index (Phi) is 6.19. The third-order valence-corrected chi connectivity index (χ3v) is 8.00. The molecule has 1 unspecified atom stereocenters. The molecule has 3 heterocycles. The number of imide groups is 1. The van der Waals surface area contributed by atoms with Gasteiger partial charge in [-0.3, -0.25) is 19.5 Å². The average Bonchev–Trinajstić information content (AvgIpc) is 3.35. The number of fused-ring (bicyclic) bond motifs is 3. The van der Waals surface area contributed by atoms with Crippen molar-refractivity contribution in [3.05, 3.63) is 45.0 Å². The van der Waals surface area contributed by atoms with Crippen LogP contribution in [-0.4, -0.2) is 26.7 Å². The van der Waals surface area contributed by atoms with Gasteiger partial charge in [0.05, 0.1) is 23.4 Å². The summed E-state index contributed by atoms with van der Waals surface area (Å²) in [5, 5.41) is 2.61. The zero-order valence-electron chi connectivity index (χ0n) is 17.3. The van der Waals surface area contributed by atoms with E-state index >= 15 is 0 Å². The van der Waals surface area contributed by atoms with Crippen molar-refractivity contribution >= 4 is 45.3 Å². The van der Waals surface area contributed by atoms with Gasteiger partial charge in [0, 0.05) is 4.88 Å². The molecule has 1 aliphatic carbocycles. The third kappa shape index (κ3) is 4.40. The van der Waals surface area contributed by atoms with Gasteiger partial charge >= 0.3 is 6.03 Å². The van der Waals surface area contributed by atoms with Crippen LogP contribution in [0.25, 0.3) is 10.2 Å². The van der Waals surface area contributed by atoms with E-state index in [-0.39, 0.29) is 18.0 Å². The Morgan fingerprint density at radius 2 is 2.13 bits per heavy atom. The van der Waals surface area contributed by atoms with Gasteiger partial charge in [0.2, 0.25) is 5.91 Å². The lowest BCUT2D eigenvalue weighted by Gasteiger charge is -2.20. The number of primary amides is 1. The minimum atomic E-state index is -0.904. The summed E-state index contributed by atoms with van der Waals surface area (Å²) in [7, 11) is 0. The number of nitrogens with zero attached hydrogens (tertiary/aromatic N) is 2. The highest BCUT2D eigenvalue weighted by Crippen LogP contribution is 2.36. The van der Waals surface area contributed by atoms with Crippen LogP contribution in [0.4, 0.5) is 4.79 Å². The number of carbonyl (C=O) groups is 2. The number of furan rings is 1. The summed E-state index contributed by atoms with van der Waals surface area (Å²) < 4.78 is 7.04. The first-order valence-corrected chi connectivity index (χ1v) is 11.9. The van der Waals surface area contributed by atoms with E-state index < -0.39 is 17.2 Å². The van der Waals surface area contributed by atoms with Gasteiger partial charge in [-0.25, -0.2) is 9.78 Å². The molecule has 0 saturated carbocycles. The van der Waals surface area contributed by atoms with E-state index in [2.05, 4.69) is 5.32 Å². The number of amides is 3. The van der Waals surface area contributed by atoms with Crippen molar-refractivity contribution in [2.24, 2.45) is 11.7 Å². The summed E-state index contributed by atoms with van der Waals surface area (Å²) in [5.41, 5.74) is 6.13. The zero-order valence-corrected chi connectivity index (χ0v) is 19.0. The molecular formula is C21H24N4O4S2. The van der Waals surface area contributed by atoms with Crippen molar-refractivity contribution in [3.8, 4) is 0 Å². The minimum Gasteiger partial charge on any atom is -0.467 e. The van der Waals surface area contributed by atoms with Gasteiger partial charge in [-0.2, -0.15) is 0 Å². The van der Waals surface area contributed by atoms with E-state index in [1.807, 2.05) is 13.8 Å². The first-order valence-electron chi connectivity index (χ1n) is 10.2. The van der Waals surface area contributed by atoms with Crippen molar-refractivity contribution in [1.82, 2.24) is 14.9 Å². The van der Waals surface area contributed by atoms with Crippen LogP contribution in [0.5, 0.6) is 0 Å². The zero-order chi connectivity index (χ0) is 22.1. The number of aryl methyl sites for hydroxylation is 2. The number of urea groups is 1. The molecule has 3 amide bonds. The summed E-state index contributed by atoms with van der Waals surface area (Å²) in [6.45, 7) is 3.95. The van der Waals surface area contributed by atoms with E-state index in [0.717, 1.165) is 31.2 Å². The minimum absolute atomic E-state index is 0.120. The highest BCUT2D eigenvalue weighted by molar-refractivity contribution is 8.00. The first kappa shape index (κ1) is 21.6. The number of nitrogens with one attached hydrogen (secondary N) is 1. The Balaban J connectivity index is 1.83. The Morgan fingerprint density at radius 1 is 1.35 bits per heavy atom. The number of rotatable bonds is 6. The van der Waals surface area contributed by atoms with Crippen LogP contribution in [0.2, 0.25) is 0 Å². The van der Waals surface area contributed by atoms with Crippen LogP contribution in [-0.2, 0) is 24.2 Å². The standard InChI is InChI=1S/C21H24N4O4S2/c1-11(2)16(17(26)23-20(22)28)31-21-24-18-15(13-7-3-4-8-14(13)30-18)19(27)25(21)10-12-6-5-9-29-12/h5-6,9,11,16H,3-4,7-8,10H2,1-2H3,(H3,22,23,26,28). The molecule has 0 spiro atoms. The number of thioether (sulfide) groups is 1. The number of thiophene rings is 1. The number of hydrogen-bond donors (Lipinski definition) is 2. The van der Waals surface area contributed by atoms with Gasteiger partial charge < -0.3 is 10.2 Å². The average molecular weight is 461 g/mol. The molecule has 0 radical (unpaired) electrons. The van der Waals surface area contributed by atoms with Crippen LogP contribution in [0.1, 0.15) is 42.9 Å². The van der Waals surface area contributed by atoms with E-state index in [1.54, 1.807) is 34.3 Å². The quantitative estimate of drug-likeness (QED) is 0.430. The third-order valence-electron chi connectivity index (χ3n) is 5.28. The highest BCUT2D eigenvalue weighted by atomic mass is 32.2. The number of nitrogens with two attached hydrogens (primary N) is 1. The van der Waals surface area contributed by atoms with Crippen LogP contribution in [0.3, 0.4) is 0 Å². The SMILES string of the molecule is CC(C)C(Sc1nc2sc3c(c2c(=O)n1Cc1ccco1)CCCC3)C(=O)NC(N)=O. The second kappa shape index (κ2) is 8.88. The molecule has 0 fully saturated rings. The fourth-order valence-corrected chi connectivity index (χ4v) is 6.20. The lowest BCUT2D eigenvalue weighted by Crippen LogP contribution is -2.42. The molecule has 3 aromatic rings. The Bertz CT molecular complexity index is 1180. The summed E-state index contributed by atoms with van der Waals surface area (Å²) >= 11 is 2.73. The molecule has 1 atom stereocenters. The lowest BCUT2D eigenvalue weighted by molar-refractivity contribution is -0.120. The van der Waals surface area contributed by atoms with E-state index in [9.17, 15) is 14.4 Å². The van der Waals surface area contributed by atoms with Crippen molar-refractivity contribution in [1.29, 1.82) is 0 Å². The van der Waals surface area contributed by atoms with Gasteiger partial charge in [0.1, 0.15) is 10.6 Å². The summed E-state index contributed by atoms with van der Waals surface area (Å²) in [6.07, 6.45) is 5.59. The topological polar surface area (TPSA) is 120 Å². The van der Waals surface area contributed by atoms with Gasteiger partial charge in [-0.15, -0.1) is 11.3 Å². The maximum Gasteiger partial charge on any atom is 0.318 e. The molecular weight excluding hydrogens is 436 g/mol. The van der Waals surface area contributed by atoms with Crippen molar-refractivity contribution in [3.63, 3.8) is 0 Å². The summed E-state index contributed by atoms with van der Waals surface area (Å²) in [4.78, 5) is 44.1. The molecule has 10 heteroatoms. The molecule has 164 valence electrons.